The van der Waals surface area contributed by atoms with Gasteiger partial charge in [-0.3, -0.25) is 0 Å². The summed E-state index contributed by atoms with van der Waals surface area (Å²) in [6.45, 7) is -1.70. The number of hydrogen-bond acceptors (Lipinski definition) is 8. The monoisotopic (exact) mass is 554 g/mol. The molecule has 206 valence electrons. The van der Waals surface area contributed by atoms with Gasteiger partial charge in [0.05, 0.1) is 7.11 Å². The molecule has 17 heteroatoms. The molecule has 0 aliphatic rings. The maximum atomic E-state index is 12.8. The highest BCUT2D eigenvalue weighted by Crippen LogP contribution is 2.40. The minimum absolute atomic E-state index is 0.0221. The van der Waals surface area contributed by atoms with Crippen molar-refractivity contribution in [2.75, 3.05) is 13.7 Å². The normalized spacial score (nSPS) is 13.4. The summed E-state index contributed by atoms with van der Waals surface area (Å²) in [6.07, 6.45) is -13.8. The molecule has 1 aromatic rings. The van der Waals surface area contributed by atoms with Crippen LogP contribution in [0.15, 0.2) is 54.6 Å². The molecule has 0 heterocycles. The highest BCUT2D eigenvalue weighted by molar-refractivity contribution is 5.92. The fourth-order valence-corrected chi connectivity index (χ4v) is 1.59. The molecule has 0 saturated carbocycles. The molecule has 0 aliphatic carbocycles. The van der Waals surface area contributed by atoms with Crippen molar-refractivity contribution in [3.05, 3.63) is 54.6 Å². The molecule has 0 bridgehead atoms. The molecular weight excluding hydrogens is 539 g/mol. The van der Waals surface area contributed by atoms with E-state index in [2.05, 4.69) is 14.2 Å². The molecule has 37 heavy (non-hydrogen) atoms. The molecule has 8 nitrogen and oxygen atoms in total. The summed E-state index contributed by atoms with van der Waals surface area (Å²) in [5, 5.41) is 0. The predicted octanol–water partition coefficient (Wildman–Crippen LogP) is 4.01. The second-order valence-corrected chi connectivity index (χ2v) is 6.01. The highest BCUT2D eigenvalue weighted by atomic mass is 19.4. The van der Waals surface area contributed by atoms with Crippen LogP contribution in [0.5, 0.6) is 5.75 Å². The van der Waals surface area contributed by atoms with Crippen LogP contribution in [-0.4, -0.2) is 62.2 Å². The van der Waals surface area contributed by atoms with E-state index in [1.807, 2.05) is 0 Å². The molecule has 0 N–H and O–H groups in total. The van der Waals surface area contributed by atoms with E-state index in [1.165, 1.54) is 12.1 Å². The van der Waals surface area contributed by atoms with Gasteiger partial charge in [0, 0.05) is 24.3 Å². The first-order chi connectivity index (χ1) is 16.9. The van der Waals surface area contributed by atoms with Crippen molar-refractivity contribution in [2.45, 2.75) is 24.6 Å². The van der Waals surface area contributed by atoms with Crippen LogP contribution in [-0.2, 0) is 33.4 Å². The number of ether oxygens (including phenoxy) is 4. The zero-order valence-corrected chi connectivity index (χ0v) is 18.1. The van der Waals surface area contributed by atoms with E-state index in [4.69, 9.17) is 4.74 Å². The molecule has 0 amide bonds. The van der Waals surface area contributed by atoms with Gasteiger partial charge < -0.3 is 18.9 Å². The van der Waals surface area contributed by atoms with Gasteiger partial charge in [0.25, 0.3) is 0 Å². The minimum Gasteiger partial charge on any atom is -0.466 e. The molecule has 0 fully saturated rings. The Morgan fingerprint density at radius 3 is 1.73 bits per heavy atom. The van der Waals surface area contributed by atoms with E-state index in [-0.39, 0.29) is 17.9 Å². The van der Waals surface area contributed by atoms with Gasteiger partial charge in [-0.05, 0) is 12.1 Å². The van der Waals surface area contributed by atoms with Crippen molar-refractivity contribution < 1.29 is 77.6 Å². The van der Waals surface area contributed by atoms with Gasteiger partial charge in [0.1, 0.15) is 5.75 Å². The second kappa shape index (κ2) is 14.5. The zero-order valence-electron chi connectivity index (χ0n) is 18.1. The van der Waals surface area contributed by atoms with Gasteiger partial charge >= 0.3 is 48.5 Å². The van der Waals surface area contributed by atoms with Crippen molar-refractivity contribution in [3.63, 3.8) is 0 Å². The quantitative estimate of drug-likeness (QED) is 0.156. The van der Waals surface area contributed by atoms with E-state index in [1.54, 1.807) is 18.2 Å². The Balaban J connectivity index is 0.000000702. The lowest BCUT2D eigenvalue weighted by Crippen LogP contribution is -2.50. The number of halogens is 9. The molecule has 1 rings (SSSR count). The number of hydrogen-bond donors (Lipinski definition) is 0. The van der Waals surface area contributed by atoms with Crippen LogP contribution < -0.4 is 4.74 Å². The summed E-state index contributed by atoms with van der Waals surface area (Å²) < 4.78 is 123. The standard InChI is InChI=1S/C12H9F3O4.C8H6F6O4/c13-12(14,15)8-18-10(16)6-7-11(17)19-9-4-2-1-3-5-9;1-17-4(15)2-3-5(16)18-7(11,6(9)10)8(12,13)14/h1-7H,8H2;2-3,6H,1H3. The lowest BCUT2D eigenvalue weighted by atomic mass is 10.3. The first-order valence-electron chi connectivity index (χ1n) is 9.12. The molecule has 0 aromatic heterocycles. The number of alkyl halides is 9. The van der Waals surface area contributed by atoms with E-state index in [0.717, 1.165) is 7.11 Å². The molecule has 1 aromatic carbocycles. The van der Waals surface area contributed by atoms with Gasteiger partial charge in [-0.1, -0.05) is 18.2 Å². The highest BCUT2D eigenvalue weighted by Gasteiger charge is 2.66. The number of para-hydroxylation sites is 1. The Kier molecular flexibility index (Phi) is 12.9. The maximum absolute atomic E-state index is 12.8. The predicted molar refractivity (Wildman–Crippen MR) is 101 cm³/mol. The number of esters is 4. The smallest absolute Gasteiger partial charge is 0.466 e. The number of rotatable bonds is 8. The van der Waals surface area contributed by atoms with Crippen molar-refractivity contribution in [1.29, 1.82) is 0 Å². The van der Waals surface area contributed by atoms with Gasteiger partial charge in [0.15, 0.2) is 6.61 Å². The topological polar surface area (TPSA) is 105 Å². The van der Waals surface area contributed by atoms with Crippen LogP contribution >= 0.6 is 0 Å². The minimum atomic E-state index is -6.12. The lowest BCUT2D eigenvalue weighted by molar-refractivity contribution is -0.354. The second-order valence-electron chi connectivity index (χ2n) is 6.01. The van der Waals surface area contributed by atoms with Gasteiger partial charge in [0.2, 0.25) is 0 Å². The summed E-state index contributed by atoms with van der Waals surface area (Å²) in [5.41, 5.74) is 0. The Hall–Kier alpha value is -4.05. The van der Waals surface area contributed by atoms with Crippen molar-refractivity contribution in [3.8, 4) is 5.75 Å². The number of carbonyl (C=O) groups is 4. The summed E-state index contributed by atoms with van der Waals surface area (Å²) >= 11 is 0. The van der Waals surface area contributed by atoms with Gasteiger partial charge in [-0.2, -0.15) is 30.7 Å². The van der Waals surface area contributed by atoms with E-state index >= 15 is 0 Å². The third kappa shape index (κ3) is 13.6. The van der Waals surface area contributed by atoms with Crippen LogP contribution in [0.25, 0.3) is 0 Å². The van der Waals surface area contributed by atoms with Gasteiger partial charge in [-0.15, -0.1) is 0 Å². The average Bonchev–Trinajstić information content (AvgIpc) is 2.79. The Morgan fingerprint density at radius 1 is 0.784 bits per heavy atom. The van der Waals surface area contributed by atoms with Crippen LogP contribution in [0.4, 0.5) is 39.5 Å². The summed E-state index contributed by atoms with van der Waals surface area (Å²) in [7, 11) is 0.881. The van der Waals surface area contributed by atoms with Crippen molar-refractivity contribution >= 4 is 23.9 Å². The zero-order chi connectivity index (χ0) is 28.9. The van der Waals surface area contributed by atoms with Crippen molar-refractivity contribution in [1.82, 2.24) is 0 Å². The number of carbonyl (C=O) groups excluding carboxylic acids is 4. The maximum Gasteiger partial charge on any atom is 0.466 e. The first-order valence-corrected chi connectivity index (χ1v) is 9.12. The summed E-state index contributed by atoms with van der Waals surface area (Å²) in [6, 6.07) is 7.98. The molecular formula is C20H15F9O8. The molecule has 0 saturated heterocycles. The Labute approximate surface area is 201 Å². The fourth-order valence-electron chi connectivity index (χ4n) is 1.59. The molecule has 0 radical (unpaired) electrons. The van der Waals surface area contributed by atoms with E-state index in [0.29, 0.717) is 12.2 Å². The van der Waals surface area contributed by atoms with E-state index in [9.17, 15) is 58.7 Å². The summed E-state index contributed by atoms with van der Waals surface area (Å²) in [4.78, 5) is 43.1. The molecule has 1 unspecified atom stereocenters. The first kappa shape index (κ1) is 33.0. The Morgan fingerprint density at radius 2 is 1.27 bits per heavy atom. The third-order valence-electron chi connectivity index (χ3n) is 3.17. The van der Waals surface area contributed by atoms with Crippen LogP contribution in [0.1, 0.15) is 0 Å². The fraction of sp³-hybridized carbons (Fsp3) is 0.300. The average molecular weight is 554 g/mol. The molecule has 0 aliphatic heterocycles. The SMILES string of the molecule is COC(=O)C=CC(=O)OC(F)(C(F)F)C(F)(F)F.O=C(C=CC(=O)Oc1ccccc1)OCC(F)(F)F. The number of methoxy groups -OCH3 is 1. The van der Waals surface area contributed by atoms with Crippen LogP contribution in [0.3, 0.4) is 0 Å². The van der Waals surface area contributed by atoms with Crippen LogP contribution in [0, 0.1) is 0 Å². The summed E-state index contributed by atoms with van der Waals surface area (Å²) in [5.74, 6) is -10.6. The third-order valence-corrected chi connectivity index (χ3v) is 3.17. The van der Waals surface area contributed by atoms with Crippen molar-refractivity contribution in [2.24, 2.45) is 0 Å². The lowest BCUT2D eigenvalue weighted by Gasteiger charge is -2.25. The van der Waals surface area contributed by atoms with Crippen LogP contribution in [0.2, 0.25) is 0 Å². The molecule has 0 spiro atoms. The number of benzene rings is 1. The van der Waals surface area contributed by atoms with Gasteiger partial charge in [-0.25, -0.2) is 28.0 Å². The van der Waals surface area contributed by atoms with E-state index < -0.39 is 55.1 Å². The largest absolute Gasteiger partial charge is 0.466 e. The molecule has 1 atom stereocenters. The Bertz CT molecular complexity index is 972.